The maximum atomic E-state index is 12.8. The van der Waals surface area contributed by atoms with E-state index in [-0.39, 0.29) is 11.8 Å². The minimum atomic E-state index is -0.277. The maximum Gasteiger partial charge on any atom is 0.257 e. The van der Waals surface area contributed by atoms with Crippen LogP contribution < -0.4 is 5.32 Å². The smallest absolute Gasteiger partial charge is 0.257 e. The zero-order valence-electron chi connectivity index (χ0n) is 14.2. The lowest BCUT2D eigenvalue weighted by molar-refractivity contribution is 0.0756. The van der Waals surface area contributed by atoms with Gasteiger partial charge in [-0.1, -0.05) is 26.0 Å². The van der Waals surface area contributed by atoms with E-state index in [0.29, 0.717) is 29.9 Å². The SMILES string of the molecule is CCCN(CCC)C(=O)c1ccccc1NC(=O)c1cccnc1. The number of aromatic nitrogens is 1. The van der Waals surface area contributed by atoms with E-state index in [4.69, 9.17) is 0 Å². The van der Waals surface area contributed by atoms with Crippen LogP contribution in [0.25, 0.3) is 0 Å². The van der Waals surface area contributed by atoms with E-state index in [1.165, 1.54) is 6.20 Å². The summed E-state index contributed by atoms with van der Waals surface area (Å²) >= 11 is 0. The molecule has 1 aromatic heterocycles. The summed E-state index contributed by atoms with van der Waals surface area (Å²) in [4.78, 5) is 30.9. The lowest BCUT2D eigenvalue weighted by atomic mass is 10.1. The normalized spacial score (nSPS) is 10.2. The summed E-state index contributed by atoms with van der Waals surface area (Å²) in [5, 5.41) is 2.82. The van der Waals surface area contributed by atoms with Gasteiger partial charge in [0.05, 0.1) is 16.8 Å². The Kier molecular flexibility index (Phi) is 6.49. The number of carbonyl (C=O) groups is 2. The first kappa shape index (κ1) is 17.7. The predicted octanol–water partition coefficient (Wildman–Crippen LogP) is 3.60. The average Bonchev–Trinajstić information content (AvgIpc) is 2.62. The Bertz CT molecular complexity index is 680. The fraction of sp³-hybridized carbons (Fsp3) is 0.316. The van der Waals surface area contributed by atoms with E-state index in [1.54, 1.807) is 36.5 Å². The number of para-hydroxylation sites is 1. The van der Waals surface area contributed by atoms with Crippen LogP contribution in [-0.2, 0) is 0 Å². The number of hydrogen-bond acceptors (Lipinski definition) is 3. The van der Waals surface area contributed by atoms with Gasteiger partial charge >= 0.3 is 0 Å². The van der Waals surface area contributed by atoms with Gasteiger partial charge in [-0.2, -0.15) is 0 Å². The van der Waals surface area contributed by atoms with Crippen molar-refractivity contribution in [2.45, 2.75) is 26.7 Å². The number of hydrogen-bond donors (Lipinski definition) is 1. The number of rotatable bonds is 7. The van der Waals surface area contributed by atoms with Crippen LogP contribution in [0.5, 0.6) is 0 Å². The van der Waals surface area contributed by atoms with Crippen LogP contribution in [0.4, 0.5) is 5.69 Å². The second kappa shape index (κ2) is 8.82. The Balaban J connectivity index is 2.23. The number of anilines is 1. The molecule has 2 aromatic rings. The standard InChI is InChI=1S/C19H23N3O2/c1-3-12-22(13-4-2)19(24)16-9-5-6-10-17(16)21-18(23)15-8-7-11-20-14-15/h5-11,14H,3-4,12-13H2,1-2H3,(H,21,23). The van der Waals surface area contributed by atoms with Crippen LogP contribution in [0, 0.1) is 0 Å². The first-order chi connectivity index (χ1) is 11.7. The van der Waals surface area contributed by atoms with Gasteiger partial charge in [0.25, 0.3) is 11.8 Å². The van der Waals surface area contributed by atoms with Crippen LogP contribution in [0.1, 0.15) is 47.4 Å². The Morgan fingerprint density at radius 3 is 2.38 bits per heavy atom. The maximum absolute atomic E-state index is 12.8. The molecule has 0 spiro atoms. The van der Waals surface area contributed by atoms with E-state index < -0.39 is 0 Å². The molecular weight excluding hydrogens is 302 g/mol. The van der Waals surface area contributed by atoms with Crippen molar-refractivity contribution in [2.75, 3.05) is 18.4 Å². The number of amides is 2. The van der Waals surface area contributed by atoms with Crippen molar-refractivity contribution in [3.63, 3.8) is 0 Å². The monoisotopic (exact) mass is 325 g/mol. The van der Waals surface area contributed by atoms with E-state index >= 15 is 0 Å². The van der Waals surface area contributed by atoms with Gasteiger partial charge in [0.1, 0.15) is 0 Å². The molecule has 0 saturated heterocycles. The highest BCUT2D eigenvalue weighted by atomic mass is 16.2. The van der Waals surface area contributed by atoms with Crippen molar-refractivity contribution >= 4 is 17.5 Å². The van der Waals surface area contributed by atoms with Gasteiger partial charge in [0, 0.05) is 25.5 Å². The molecule has 0 bridgehead atoms. The Hall–Kier alpha value is -2.69. The molecule has 1 N–H and O–H groups in total. The Morgan fingerprint density at radius 1 is 1.04 bits per heavy atom. The number of benzene rings is 1. The molecule has 0 aliphatic rings. The molecule has 5 heteroatoms. The number of nitrogens with zero attached hydrogens (tertiary/aromatic N) is 2. The third-order valence-electron chi connectivity index (χ3n) is 3.60. The quantitative estimate of drug-likeness (QED) is 0.846. The summed E-state index contributed by atoms with van der Waals surface area (Å²) in [6, 6.07) is 10.5. The van der Waals surface area contributed by atoms with Crippen LogP contribution in [0.15, 0.2) is 48.8 Å². The second-order valence-electron chi connectivity index (χ2n) is 5.53. The molecule has 0 saturated carbocycles. The van der Waals surface area contributed by atoms with Crippen molar-refractivity contribution in [3.8, 4) is 0 Å². The average molecular weight is 325 g/mol. The molecule has 1 heterocycles. The summed E-state index contributed by atoms with van der Waals surface area (Å²) in [5.74, 6) is -0.332. The molecule has 0 atom stereocenters. The van der Waals surface area contributed by atoms with Gasteiger partial charge in [-0.3, -0.25) is 14.6 Å². The lowest BCUT2D eigenvalue weighted by Crippen LogP contribution is -2.33. The molecule has 0 aliphatic heterocycles. The summed E-state index contributed by atoms with van der Waals surface area (Å²) in [5.41, 5.74) is 1.49. The molecule has 126 valence electrons. The third kappa shape index (κ3) is 4.41. The first-order valence-corrected chi connectivity index (χ1v) is 8.27. The number of carbonyl (C=O) groups excluding carboxylic acids is 2. The van der Waals surface area contributed by atoms with E-state index in [1.807, 2.05) is 24.8 Å². The van der Waals surface area contributed by atoms with Crippen LogP contribution in [0.2, 0.25) is 0 Å². The number of pyridine rings is 1. The van der Waals surface area contributed by atoms with E-state index in [9.17, 15) is 9.59 Å². The molecule has 0 radical (unpaired) electrons. The molecule has 5 nitrogen and oxygen atoms in total. The largest absolute Gasteiger partial charge is 0.339 e. The molecule has 1 aromatic carbocycles. The van der Waals surface area contributed by atoms with Crippen molar-refractivity contribution in [1.29, 1.82) is 0 Å². The zero-order chi connectivity index (χ0) is 17.4. The third-order valence-corrected chi connectivity index (χ3v) is 3.60. The fourth-order valence-corrected chi connectivity index (χ4v) is 2.50. The van der Waals surface area contributed by atoms with Crippen molar-refractivity contribution in [2.24, 2.45) is 0 Å². The van der Waals surface area contributed by atoms with Gasteiger partial charge in [-0.05, 0) is 37.1 Å². The fourth-order valence-electron chi connectivity index (χ4n) is 2.50. The predicted molar refractivity (Wildman–Crippen MR) is 95.1 cm³/mol. The van der Waals surface area contributed by atoms with Gasteiger partial charge in [0.15, 0.2) is 0 Å². The van der Waals surface area contributed by atoms with Gasteiger partial charge in [-0.25, -0.2) is 0 Å². The van der Waals surface area contributed by atoms with Crippen LogP contribution in [-0.4, -0.2) is 34.8 Å². The minimum Gasteiger partial charge on any atom is -0.339 e. The van der Waals surface area contributed by atoms with E-state index in [2.05, 4.69) is 10.3 Å². The highest BCUT2D eigenvalue weighted by molar-refractivity contribution is 6.08. The zero-order valence-corrected chi connectivity index (χ0v) is 14.2. The first-order valence-electron chi connectivity index (χ1n) is 8.27. The molecule has 0 fully saturated rings. The molecule has 24 heavy (non-hydrogen) atoms. The van der Waals surface area contributed by atoms with Gasteiger partial charge in [-0.15, -0.1) is 0 Å². The molecular formula is C19H23N3O2. The van der Waals surface area contributed by atoms with E-state index in [0.717, 1.165) is 12.8 Å². The highest BCUT2D eigenvalue weighted by Gasteiger charge is 2.18. The van der Waals surface area contributed by atoms with Gasteiger partial charge < -0.3 is 10.2 Å². The molecule has 2 rings (SSSR count). The van der Waals surface area contributed by atoms with Crippen LogP contribution in [0.3, 0.4) is 0 Å². The lowest BCUT2D eigenvalue weighted by Gasteiger charge is -2.23. The molecule has 2 amide bonds. The second-order valence-corrected chi connectivity index (χ2v) is 5.53. The Labute approximate surface area is 142 Å². The van der Waals surface area contributed by atoms with Crippen molar-refractivity contribution in [1.82, 2.24) is 9.88 Å². The molecule has 0 aliphatic carbocycles. The Morgan fingerprint density at radius 2 is 1.75 bits per heavy atom. The summed E-state index contributed by atoms with van der Waals surface area (Å²) in [6.07, 6.45) is 4.91. The molecule has 0 unspecified atom stereocenters. The summed E-state index contributed by atoms with van der Waals surface area (Å²) < 4.78 is 0. The topological polar surface area (TPSA) is 62.3 Å². The van der Waals surface area contributed by atoms with Crippen LogP contribution >= 0.6 is 0 Å². The minimum absolute atomic E-state index is 0.0548. The van der Waals surface area contributed by atoms with Gasteiger partial charge in [0.2, 0.25) is 0 Å². The summed E-state index contributed by atoms with van der Waals surface area (Å²) in [6.45, 7) is 5.51. The van der Waals surface area contributed by atoms with Crippen molar-refractivity contribution in [3.05, 3.63) is 59.9 Å². The summed E-state index contributed by atoms with van der Waals surface area (Å²) in [7, 11) is 0. The highest BCUT2D eigenvalue weighted by Crippen LogP contribution is 2.19. The number of nitrogens with one attached hydrogen (secondary N) is 1. The van der Waals surface area contributed by atoms with Crippen molar-refractivity contribution < 1.29 is 9.59 Å².